The Labute approximate surface area is 176 Å². The lowest BCUT2D eigenvalue weighted by Crippen LogP contribution is -2.29. The van der Waals surface area contributed by atoms with Crippen molar-refractivity contribution >= 4 is 28.6 Å². The molecule has 0 spiro atoms. The van der Waals surface area contributed by atoms with Gasteiger partial charge in [0.2, 0.25) is 0 Å². The van der Waals surface area contributed by atoms with Gasteiger partial charge in [-0.1, -0.05) is 29.1 Å². The van der Waals surface area contributed by atoms with Crippen LogP contribution in [-0.2, 0) is 12.3 Å². The van der Waals surface area contributed by atoms with Gasteiger partial charge in [-0.05, 0) is 31.2 Å². The highest BCUT2D eigenvalue weighted by atomic mass is 32.2. The summed E-state index contributed by atoms with van der Waals surface area (Å²) in [6.45, 7) is 2.00. The van der Waals surface area contributed by atoms with Crippen molar-refractivity contribution < 1.29 is 9.32 Å². The number of nitrogens with zero attached hydrogens (tertiary/aromatic N) is 4. The molecule has 0 bridgehead atoms. The molecule has 0 saturated heterocycles. The van der Waals surface area contributed by atoms with Gasteiger partial charge in [-0.15, -0.1) is 0 Å². The lowest BCUT2D eigenvalue weighted by atomic mass is 10.2. The van der Waals surface area contributed by atoms with Crippen molar-refractivity contribution in [1.29, 1.82) is 0 Å². The maximum atomic E-state index is 13.1. The summed E-state index contributed by atoms with van der Waals surface area (Å²) in [6, 6.07) is 12.4. The minimum absolute atomic E-state index is 0.167. The van der Waals surface area contributed by atoms with Crippen LogP contribution in [0.4, 0.5) is 0 Å². The van der Waals surface area contributed by atoms with Crippen molar-refractivity contribution in [2.24, 2.45) is 0 Å². The van der Waals surface area contributed by atoms with Crippen molar-refractivity contribution in [3.63, 3.8) is 0 Å². The Morgan fingerprint density at radius 1 is 1.23 bits per heavy atom. The first-order chi connectivity index (χ1) is 14.5. The summed E-state index contributed by atoms with van der Waals surface area (Å²) in [6.07, 6.45) is 1.65. The molecular weight excluding hydrogens is 402 g/mol. The van der Waals surface area contributed by atoms with Gasteiger partial charge in [0.25, 0.3) is 11.5 Å². The molecule has 0 saturated carbocycles. The van der Waals surface area contributed by atoms with Gasteiger partial charge in [-0.3, -0.25) is 9.59 Å². The highest BCUT2D eigenvalue weighted by molar-refractivity contribution is 7.98. The summed E-state index contributed by atoms with van der Waals surface area (Å²) in [5.74, 6) is 1.49. The summed E-state index contributed by atoms with van der Waals surface area (Å²) >= 11 is 1.42. The number of nitrogens with one attached hydrogen (secondary N) is 1. The molecule has 152 valence electrons. The molecule has 9 heteroatoms. The van der Waals surface area contributed by atoms with Crippen molar-refractivity contribution in [1.82, 2.24) is 25.0 Å². The van der Waals surface area contributed by atoms with Crippen molar-refractivity contribution in [2.75, 3.05) is 7.05 Å². The average Bonchev–Trinajstić information content (AvgIpc) is 3.17. The molecule has 0 atom stereocenters. The van der Waals surface area contributed by atoms with Gasteiger partial charge in [-0.2, -0.15) is 0 Å². The van der Waals surface area contributed by atoms with Gasteiger partial charge in [0.1, 0.15) is 16.6 Å². The number of thioether (sulfide) groups is 1. The number of rotatable bonds is 6. The zero-order valence-electron chi connectivity index (χ0n) is 16.5. The fourth-order valence-electron chi connectivity index (χ4n) is 3.01. The summed E-state index contributed by atoms with van der Waals surface area (Å²) in [7, 11) is 1.67. The number of carbonyl (C=O) groups is 1. The zero-order valence-corrected chi connectivity index (χ0v) is 17.3. The van der Waals surface area contributed by atoms with Crippen LogP contribution in [0.15, 0.2) is 63.0 Å². The Balaban J connectivity index is 1.52. The van der Waals surface area contributed by atoms with Crippen LogP contribution in [-0.4, -0.2) is 38.0 Å². The molecule has 1 aromatic carbocycles. The van der Waals surface area contributed by atoms with Crippen LogP contribution in [0.25, 0.3) is 10.9 Å². The van der Waals surface area contributed by atoms with E-state index in [0.717, 1.165) is 11.5 Å². The molecule has 0 aliphatic heterocycles. The molecule has 3 heterocycles. The van der Waals surface area contributed by atoms with Crippen LogP contribution in [0.3, 0.4) is 0 Å². The normalized spacial score (nSPS) is 11.0. The maximum absolute atomic E-state index is 13.1. The second-order valence-electron chi connectivity index (χ2n) is 6.76. The van der Waals surface area contributed by atoms with E-state index in [1.807, 2.05) is 19.1 Å². The Bertz CT molecular complexity index is 1270. The predicted octanol–water partition coefficient (Wildman–Crippen LogP) is 3.18. The maximum Gasteiger partial charge on any atom is 0.258 e. The topological polar surface area (TPSA) is 105 Å². The van der Waals surface area contributed by atoms with E-state index in [0.29, 0.717) is 33.1 Å². The molecular formula is C21H19N5O3S. The van der Waals surface area contributed by atoms with E-state index in [9.17, 15) is 9.59 Å². The number of pyridine rings is 1. The van der Waals surface area contributed by atoms with Gasteiger partial charge in [0.05, 0.1) is 28.7 Å². The lowest BCUT2D eigenvalue weighted by Gasteiger charge is -2.18. The molecule has 4 rings (SSSR count). The Morgan fingerprint density at radius 3 is 2.87 bits per heavy atom. The second kappa shape index (κ2) is 8.50. The molecule has 1 amide bonds. The first kappa shape index (κ1) is 19.8. The molecule has 3 aromatic heterocycles. The van der Waals surface area contributed by atoms with E-state index in [1.54, 1.807) is 43.6 Å². The van der Waals surface area contributed by atoms with Gasteiger partial charge >= 0.3 is 0 Å². The Morgan fingerprint density at radius 2 is 2.07 bits per heavy atom. The fraction of sp³-hybridized carbons (Fsp3) is 0.190. The third-order valence-electron chi connectivity index (χ3n) is 4.43. The lowest BCUT2D eigenvalue weighted by molar-refractivity contribution is 0.0777. The summed E-state index contributed by atoms with van der Waals surface area (Å²) in [5, 5.41) is 5.09. The highest BCUT2D eigenvalue weighted by Gasteiger charge is 2.19. The van der Waals surface area contributed by atoms with E-state index >= 15 is 0 Å². The number of carbonyl (C=O) groups excluding carboxylic acids is 1. The smallest absolute Gasteiger partial charge is 0.258 e. The van der Waals surface area contributed by atoms with Gasteiger partial charge < -0.3 is 14.4 Å². The molecule has 0 radical (unpaired) electrons. The number of hydrogen-bond donors (Lipinski definition) is 1. The van der Waals surface area contributed by atoms with Crippen LogP contribution in [0.1, 0.15) is 27.6 Å². The standard InChI is InChI=1S/C21H19N5O3S/c1-13-10-14(25-29-13)12-30-20-16(7-5-9-22-20)21(28)26(2)11-18-23-17-8-4-3-6-15(17)19(27)24-18/h3-10H,11-12H2,1-2H3,(H,23,24,27). The number of H-pyrrole nitrogens is 1. The predicted molar refractivity (Wildman–Crippen MR) is 113 cm³/mol. The van der Waals surface area contributed by atoms with Crippen LogP contribution >= 0.6 is 11.8 Å². The largest absolute Gasteiger partial charge is 0.361 e. The van der Waals surface area contributed by atoms with Gasteiger partial charge in [-0.25, -0.2) is 9.97 Å². The monoisotopic (exact) mass is 421 g/mol. The third kappa shape index (κ3) is 4.25. The van der Waals surface area contributed by atoms with E-state index in [4.69, 9.17) is 4.52 Å². The fourth-order valence-corrected chi connectivity index (χ4v) is 3.88. The molecule has 1 N–H and O–H groups in total. The molecule has 0 unspecified atom stereocenters. The van der Waals surface area contributed by atoms with Crippen LogP contribution in [0, 0.1) is 6.92 Å². The number of hydrogen-bond acceptors (Lipinski definition) is 7. The van der Waals surface area contributed by atoms with Crippen molar-refractivity contribution in [2.45, 2.75) is 24.2 Å². The van der Waals surface area contributed by atoms with Crippen LogP contribution in [0.5, 0.6) is 0 Å². The minimum atomic E-state index is -0.225. The Kier molecular flexibility index (Phi) is 5.62. The molecule has 0 aliphatic rings. The van der Waals surface area contributed by atoms with Crippen LogP contribution < -0.4 is 5.56 Å². The number of aromatic nitrogens is 4. The molecule has 0 aliphatic carbocycles. The van der Waals surface area contributed by atoms with Crippen molar-refractivity contribution in [3.05, 3.63) is 81.9 Å². The van der Waals surface area contributed by atoms with Crippen molar-refractivity contribution in [3.8, 4) is 0 Å². The Hall–Kier alpha value is -3.46. The molecule has 8 nitrogen and oxygen atoms in total. The minimum Gasteiger partial charge on any atom is -0.361 e. The number of para-hydroxylation sites is 1. The van der Waals surface area contributed by atoms with E-state index < -0.39 is 0 Å². The second-order valence-corrected chi connectivity index (χ2v) is 7.73. The quantitative estimate of drug-likeness (QED) is 0.477. The van der Waals surface area contributed by atoms with Gasteiger partial charge in [0, 0.05) is 25.1 Å². The van der Waals surface area contributed by atoms with E-state index in [2.05, 4.69) is 20.1 Å². The number of benzene rings is 1. The zero-order chi connectivity index (χ0) is 21.1. The summed E-state index contributed by atoms with van der Waals surface area (Å²) in [4.78, 5) is 38.4. The molecule has 30 heavy (non-hydrogen) atoms. The van der Waals surface area contributed by atoms with E-state index in [1.165, 1.54) is 16.7 Å². The SMILES string of the molecule is Cc1cc(CSc2ncccc2C(=O)N(C)Cc2nc3ccccc3c(=O)[nH]2)no1. The molecule has 4 aromatic rings. The summed E-state index contributed by atoms with van der Waals surface area (Å²) < 4.78 is 5.08. The first-order valence-electron chi connectivity index (χ1n) is 9.24. The summed E-state index contributed by atoms with van der Waals surface area (Å²) in [5.41, 5.74) is 1.64. The first-order valence-corrected chi connectivity index (χ1v) is 10.2. The van der Waals surface area contributed by atoms with E-state index in [-0.39, 0.29) is 18.0 Å². The number of aryl methyl sites for hydroxylation is 1. The third-order valence-corrected chi connectivity index (χ3v) is 5.47. The van der Waals surface area contributed by atoms with Crippen LogP contribution in [0.2, 0.25) is 0 Å². The number of aromatic amines is 1. The van der Waals surface area contributed by atoms with Gasteiger partial charge in [0.15, 0.2) is 0 Å². The number of amides is 1. The molecule has 0 fully saturated rings. The highest BCUT2D eigenvalue weighted by Crippen LogP contribution is 2.25. The average molecular weight is 421 g/mol. The number of fused-ring (bicyclic) bond motifs is 1.